The summed E-state index contributed by atoms with van der Waals surface area (Å²) in [6.45, 7) is 0.501. The summed E-state index contributed by atoms with van der Waals surface area (Å²) in [5, 5.41) is 5.78. The van der Waals surface area contributed by atoms with Gasteiger partial charge in [-0.05, 0) is 48.7 Å². The molecule has 3 amide bonds. The van der Waals surface area contributed by atoms with Gasteiger partial charge in [-0.25, -0.2) is 4.79 Å². The lowest BCUT2D eigenvalue weighted by Crippen LogP contribution is -2.31. The molecule has 1 fully saturated rings. The summed E-state index contributed by atoms with van der Waals surface area (Å²) in [6.07, 6.45) is 2.09. The summed E-state index contributed by atoms with van der Waals surface area (Å²) in [5.74, 6) is -0.0955. The minimum atomic E-state index is -0.220. The van der Waals surface area contributed by atoms with Gasteiger partial charge in [0.15, 0.2) is 0 Å². The summed E-state index contributed by atoms with van der Waals surface area (Å²) in [5.41, 5.74) is 2.20. The van der Waals surface area contributed by atoms with Crippen molar-refractivity contribution in [3.05, 3.63) is 64.1 Å². The number of benzene rings is 2. The van der Waals surface area contributed by atoms with Gasteiger partial charge in [0.2, 0.25) is 0 Å². The molecule has 0 aliphatic heterocycles. The van der Waals surface area contributed by atoms with E-state index in [9.17, 15) is 9.59 Å². The van der Waals surface area contributed by atoms with E-state index in [1.54, 1.807) is 36.2 Å². The molecular weight excluding hydrogens is 382 g/mol. The third-order valence-electron chi connectivity index (χ3n) is 3.97. The molecule has 0 atom stereocenters. The lowest BCUT2D eigenvalue weighted by Gasteiger charge is -2.18. The van der Waals surface area contributed by atoms with Crippen molar-refractivity contribution in [3.8, 4) is 0 Å². The van der Waals surface area contributed by atoms with Crippen LogP contribution in [0.4, 0.5) is 10.5 Å². The molecule has 1 aliphatic rings. The van der Waals surface area contributed by atoms with E-state index < -0.39 is 0 Å². The first-order valence-electron chi connectivity index (χ1n) is 8.19. The Morgan fingerprint density at radius 2 is 1.88 bits per heavy atom. The Hall–Kier alpha value is -2.34. The second kappa shape index (κ2) is 7.70. The van der Waals surface area contributed by atoms with Gasteiger partial charge in [0.1, 0.15) is 0 Å². The van der Waals surface area contributed by atoms with Gasteiger partial charge in [-0.1, -0.05) is 34.1 Å². The molecule has 1 aliphatic carbocycles. The fourth-order valence-corrected chi connectivity index (χ4v) is 2.65. The molecule has 0 unspecified atom stereocenters. The first-order chi connectivity index (χ1) is 12.0. The Balaban J connectivity index is 1.59. The van der Waals surface area contributed by atoms with Crippen LogP contribution >= 0.6 is 15.9 Å². The lowest BCUT2D eigenvalue weighted by molar-refractivity contribution is 0.0951. The van der Waals surface area contributed by atoms with Gasteiger partial charge in [0.05, 0.1) is 0 Å². The highest BCUT2D eigenvalue weighted by Gasteiger charge is 2.23. The first-order valence-corrected chi connectivity index (χ1v) is 8.98. The summed E-state index contributed by atoms with van der Waals surface area (Å²) >= 11 is 3.40. The molecule has 1 saturated carbocycles. The molecule has 6 heteroatoms. The maximum Gasteiger partial charge on any atom is 0.321 e. The zero-order valence-corrected chi connectivity index (χ0v) is 15.5. The standard InChI is InChI=1S/C19H20BrN3O2/c1-23(12-13-5-7-15(20)8-6-13)19(25)22-17-4-2-3-14(11-17)18(24)21-16-9-10-16/h2-8,11,16H,9-10,12H2,1H3,(H,21,24)(H,22,25). The molecule has 25 heavy (non-hydrogen) atoms. The van der Waals surface area contributed by atoms with Gasteiger partial charge in [0.25, 0.3) is 5.91 Å². The Morgan fingerprint density at radius 1 is 1.16 bits per heavy atom. The van der Waals surface area contributed by atoms with Crippen LogP contribution in [0.2, 0.25) is 0 Å². The number of amides is 3. The van der Waals surface area contributed by atoms with Gasteiger partial charge in [-0.3, -0.25) is 4.79 Å². The summed E-state index contributed by atoms with van der Waals surface area (Å²) < 4.78 is 1.00. The number of carbonyl (C=O) groups is 2. The maximum absolute atomic E-state index is 12.4. The highest BCUT2D eigenvalue weighted by atomic mass is 79.9. The molecule has 0 saturated heterocycles. The number of anilines is 1. The van der Waals surface area contributed by atoms with E-state index in [-0.39, 0.29) is 11.9 Å². The molecule has 2 aromatic carbocycles. The highest BCUT2D eigenvalue weighted by molar-refractivity contribution is 9.10. The van der Waals surface area contributed by atoms with E-state index in [0.29, 0.717) is 23.8 Å². The van der Waals surface area contributed by atoms with Crippen molar-refractivity contribution in [2.75, 3.05) is 12.4 Å². The minimum Gasteiger partial charge on any atom is -0.349 e. The number of urea groups is 1. The van der Waals surface area contributed by atoms with E-state index in [0.717, 1.165) is 22.9 Å². The molecular formula is C19H20BrN3O2. The van der Waals surface area contributed by atoms with Gasteiger partial charge >= 0.3 is 6.03 Å². The average Bonchev–Trinajstić information content (AvgIpc) is 3.41. The third kappa shape index (κ3) is 5.06. The minimum absolute atomic E-state index is 0.0955. The molecule has 0 spiro atoms. The number of hydrogen-bond donors (Lipinski definition) is 2. The molecule has 130 valence electrons. The quantitative estimate of drug-likeness (QED) is 0.794. The Morgan fingerprint density at radius 3 is 2.56 bits per heavy atom. The Labute approximate surface area is 155 Å². The van der Waals surface area contributed by atoms with Crippen LogP contribution in [0, 0.1) is 0 Å². The van der Waals surface area contributed by atoms with Crippen LogP contribution in [0.1, 0.15) is 28.8 Å². The molecule has 5 nitrogen and oxygen atoms in total. The maximum atomic E-state index is 12.4. The molecule has 2 N–H and O–H groups in total. The molecule has 0 aromatic heterocycles. The average molecular weight is 402 g/mol. The van der Waals surface area contributed by atoms with Crippen LogP contribution in [0.15, 0.2) is 53.0 Å². The second-order valence-corrected chi connectivity index (χ2v) is 7.16. The van der Waals surface area contributed by atoms with Crippen molar-refractivity contribution in [3.63, 3.8) is 0 Å². The van der Waals surface area contributed by atoms with Crippen LogP contribution in [0.3, 0.4) is 0 Å². The predicted octanol–water partition coefficient (Wildman–Crippen LogP) is 4.01. The van der Waals surface area contributed by atoms with Crippen molar-refractivity contribution in [1.82, 2.24) is 10.2 Å². The molecule has 0 bridgehead atoms. The normalized spacial score (nSPS) is 13.2. The van der Waals surface area contributed by atoms with Crippen LogP contribution < -0.4 is 10.6 Å². The predicted molar refractivity (Wildman–Crippen MR) is 102 cm³/mol. The Bertz CT molecular complexity index is 772. The highest BCUT2D eigenvalue weighted by Crippen LogP contribution is 2.20. The van der Waals surface area contributed by atoms with E-state index in [4.69, 9.17) is 0 Å². The second-order valence-electron chi connectivity index (χ2n) is 6.24. The molecule has 0 heterocycles. The van der Waals surface area contributed by atoms with Crippen LogP contribution in [-0.2, 0) is 6.54 Å². The summed E-state index contributed by atoms with van der Waals surface area (Å²) in [6, 6.07) is 14.9. The summed E-state index contributed by atoms with van der Waals surface area (Å²) in [4.78, 5) is 26.1. The number of rotatable bonds is 5. The van der Waals surface area contributed by atoms with E-state index in [1.807, 2.05) is 24.3 Å². The van der Waals surface area contributed by atoms with Crippen molar-refractivity contribution in [2.45, 2.75) is 25.4 Å². The van der Waals surface area contributed by atoms with Crippen molar-refractivity contribution >= 4 is 33.6 Å². The largest absolute Gasteiger partial charge is 0.349 e. The van der Waals surface area contributed by atoms with Crippen molar-refractivity contribution in [2.24, 2.45) is 0 Å². The molecule has 2 aromatic rings. The molecule has 3 rings (SSSR count). The zero-order valence-electron chi connectivity index (χ0n) is 14.0. The smallest absolute Gasteiger partial charge is 0.321 e. The van der Waals surface area contributed by atoms with E-state index >= 15 is 0 Å². The Kier molecular flexibility index (Phi) is 5.38. The fraction of sp³-hybridized carbons (Fsp3) is 0.263. The van der Waals surface area contributed by atoms with Gasteiger partial charge < -0.3 is 15.5 Å². The van der Waals surface area contributed by atoms with E-state index in [2.05, 4.69) is 26.6 Å². The van der Waals surface area contributed by atoms with E-state index in [1.165, 1.54) is 0 Å². The van der Waals surface area contributed by atoms with Crippen LogP contribution in [0.5, 0.6) is 0 Å². The number of hydrogen-bond acceptors (Lipinski definition) is 2. The van der Waals surface area contributed by atoms with Gasteiger partial charge in [-0.15, -0.1) is 0 Å². The number of nitrogens with one attached hydrogen (secondary N) is 2. The van der Waals surface area contributed by atoms with Crippen molar-refractivity contribution in [1.29, 1.82) is 0 Å². The first kappa shape index (κ1) is 17.5. The third-order valence-corrected chi connectivity index (χ3v) is 4.50. The zero-order chi connectivity index (χ0) is 17.8. The van der Waals surface area contributed by atoms with Crippen LogP contribution in [-0.4, -0.2) is 29.9 Å². The molecule has 0 radical (unpaired) electrons. The number of carbonyl (C=O) groups excluding carboxylic acids is 2. The van der Waals surface area contributed by atoms with Gasteiger partial charge in [0, 0.05) is 35.4 Å². The lowest BCUT2D eigenvalue weighted by atomic mass is 10.2. The van der Waals surface area contributed by atoms with Crippen LogP contribution in [0.25, 0.3) is 0 Å². The fourth-order valence-electron chi connectivity index (χ4n) is 2.39. The topological polar surface area (TPSA) is 61.4 Å². The van der Waals surface area contributed by atoms with Gasteiger partial charge in [-0.2, -0.15) is 0 Å². The number of halogens is 1. The monoisotopic (exact) mass is 401 g/mol. The SMILES string of the molecule is CN(Cc1ccc(Br)cc1)C(=O)Nc1cccc(C(=O)NC2CC2)c1. The van der Waals surface area contributed by atoms with Crippen molar-refractivity contribution < 1.29 is 9.59 Å². The summed E-state index contributed by atoms with van der Waals surface area (Å²) in [7, 11) is 1.74. The number of nitrogens with zero attached hydrogens (tertiary/aromatic N) is 1.